The van der Waals surface area contributed by atoms with Crippen molar-refractivity contribution < 1.29 is 9.59 Å². The van der Waals surface area contributed by atoms with E-state index in [2.05, 4.69) is 22.4 Å². The Morgan fingerprint density at radius 2 is 2.08 bits per heavy atom. The van der Waals surface area contributed by atoms with E-state index in [0.29, 0.717) is 5.75 Å². The minimum atomic E-state index is -0.143. The molecule has 0 bridgehead atoms. The lowest BCUT2D eigenvalue weighted by Crippen LogP contribution is -2.45. The second-order valence-electron chi connectivity index (χ2n) is 6.09. The predicted octanol–water partition coefficient (Wildman–Crippen LogP) is 2.66. The molecule has 1 N–H and O–H groups in total. The normalized spacial score (nSPS) is 14.8. The number of fused-ring (bicyclic) bond motifs is 1. The minimum Gasteiger partial charge on any atom is -0.352 e. The van der Waals surface area contributed by atoms with Gasteiger partial charge in [-0.25, -0.2) is 4.98 Å². The van der Waals surface area contributed by atoms with Crippen molar-refractivity contribution in [2.45, 2.75) is 30.8 Å². The molecule has 130 valence electrons. The fourth-order valence-corrected chi connectivity index (χ4v) is 3.66. The number of carbonyl (C=O) groups excluding carboxylic acids is 2. The molecule has 1 aromatic heterocycles. The van der Waals surface area contributed by atoms with Crippen LogP contribution in [-0.4, -0.2) is 35.1 Å². The van der Waals surface area contributed by atoms with Crippen molar-refractivity contribution in [1.82, 2.24) is 10.3 Å². The Hall–Kier alpha value is -2.34. The Morgan fingerprint density at radius 3 is 2.88 bits per heavy atom. The molecule has 1 atom stereocenters. The largest absolute Gasteiger partial charge is 0.352 e. The van der Waals surface area contributed by atoms with Gasteiger partial charge in [0, 0.05) is 12.2 Å². The zero-order chi connectivity index (χ0) is 17.6. The van der Waals surface area contributed by atoms with Crippen LogP contribution >= 0.6 is 11.8 Å². The molecule has 0 saturated carbocycles. The molecular formula is C19H21N3O2S. The number of nitrogens with zero attached hydrogens (tertiary/aromatic N) is 2. The van der Waals surface area contributed by atoms with Crippen LogP contribution in [0.15, 0.2) is 53.7 Å². The number of thioether (sulfide) groups is 1. The van der Waals surface area contributed by atoms with Gasteiger partial charge < -0.3 is 5.32 Å². The molecule has 1 aliphatic heterocycles. The first kappa shape index (κ1) is 17.5. The zero-order valence-corrected chi connectivity index (χ0v) is 15.0. The summed E-state index contributed by atoms with van der Waals surface area (Å²) in [4.78, 5) is 30.3. The van der Waals surface area contributed by atoms with Gasteiger partial charge in [0.2, 0.25) is 11.8 Å². The van der Waals surface area contributed by atoms with Crippen LogP contribution in [0.3, 0.4) is 0 Å². The molecule has 0 aliphatic carbocycles. The molecule has 0 fully saturated rings. The minimum absolute atomic E-state index is 0.0355. The standard InChI is InChI=1S/C19H21N3O2S/c1-14(9-10-15-6-3-2-4-7-15)21-17(23)12-22-16-8-5-11-20-19(16)25-13-18(22)24/h2-8,11,14H,9-10,12-13H2,1H3,(H,21,23)/t14-/m0/s1. The van der Waals surface area contributed by atoms with Gasteiger partial charge in [0.25, 0.3) is 0 Å². The lowest BCUT2D eigenvalue weighted by molar-refractivity contribution is -0.123. The third-order valence-corrected chi connectivity index (χ3v) is 5.07. The van der Waals surface area contributed by atoms with Crippen molar-refractivity contribution in [2.24, 2.45) is 0 Å². The van der Waals surface area contributed by atoms with E-state index in [-0.39, 0.29) is 24.4 Å². The molecule has 1 aliphatic rings. The Labute approximate surface area is 151 Å². The molecule has 0 spiro atoms. The molecule has 2 aromatic rings. The van der Waals surface area contributed by atoms with Crippen LogP contribution in [0, 0.1) is 0 Å². The highest BCUT2D eigenvalue weighted by atomic mass is 32.2. The van der Waals surface area contributed by atoms with Crippen molar-refractivity contribution in [3.05, 3.63) is 54.2 Å². The van der Waals surface area contributed by atoms with Gasteiger partial charge in [0.1, 0.15) is 11.6 Å². The second kappa shape index (κ2) is 8.16. The quantitative estimate of drug-likeness (QED) is 0.865. The summed E-state index contributed by atoms with van der Waals surface area (Å²) in [5.41, 5.74) is 1.97. The van der Waals surface area contributed by atoms with E-state index in [1.807, 2.05) is 31.2 Å². The Kier molecular flexibility index (Phi) is 5.71. The van der Waals surface area contributed by atoms with Crippen molar-refractivity contribution in [3.63, 3.8) is 0 Å². The lowest BCUT2D eigenvalue weighted by Gasteiger charge is -2.28. The average molecular weight is 355 g/mol. The number of amides is 2. The van der Waals surface area contributed by atoms with Crippen LogP contribution in [0.4, 0.5) is 5.69 Å². The van der Waals surface area contributed by atoms with E-state index in [4.69, 9.17) is 0 Å². The summed E-state index contributed by atoms with van der Waals surface area (Å²) in [6.45, 7) is 2.03. The summed E-state index contributed by atoms with van der Waals surface area (Å²) in [6.07, 6.45) is 3.47. The summed E-state index contributed by atoms with van der Waals surface area (Å²) in [6, 6.07) is 13.9. The Bertz CT molecular complexity index is 751. The number of nitrogens with one attached hydrogen (secondary N) is 1. The van der Waals surface area contributed by atoms with E-state index in [9.17, 15) is 9.59 Å². The van der Waals surface area contributed by atoms with Gasteiger partial charge in [-0.15, -0.1) is 0 Å². The van der Waals surface area contributed by atoms with Gasteiger partial charge in [-0.2, -0.15) is 0 Å². The molecule has 0 radical (unpaired) electrons. The van der Waals surface area contributed by atoms with Crippen molar-refractivity contribution in [3.8, 4) is 0 Å². The number of rotatable bonds is 6. The van der Waals surface area contributed by atoms with Gasteiger partial charge in [0.05, 0.1) is 11.4 Å². The topological polar surface area (TPSA) is 62.3 Å². The van der Waals surface area contributed by atoms with Crippen molar-refractivity contribution >= 4 is 29.3 Å². The van der Waals surface area contributed by atoms with Gasteiger partial charge in [-0.3, -0.25) is 14.5 Å². The zero-order valence-electron chi connectivity index (χ0n) is 14.1. The molecule has 0 unspecified atom stereocenters. The van der Waals surface area contributed by atoms with Gasteiger partial charge >= 0.3 is 0 Å². The fourth-order valence-electron chi connectivity index (χ4n) is 2.78. The third kappa shape index (κ3) is 4.60. The maximum absolute atomic E-state index is 12.4. The number of hydrogen-bond acceptors (Lipinski definition) is 4. The SMILES string of the molecule is C[C@@H](CCc1ccccc1)NC(=O)CN1C(=O)CSc2ncccc21. The molecular weight excluding hydrogens is 334 g/mol. The number of carbonyl (C=O) groups is 2. The highest BCUT2D eigenvalue weighted by Gasteiger charge is 2.27. The molecule has 1 aromatic carbocycles. The second-order valence-corrected chi connectivity index (χ2v) is 7.05. The molecule has 6 heteroatoms. The van der Waals surface area contributed by atoms with Crippen molar-refractivity contribution in [1.29, 1.82) is 0 Å². The smallest absolute Gasteiger partial charge is 0.240 e. The van der Waals surface area contributed by atoms with Gasteiger partial charge in [-0.1, -0.05) is 42.1 Å². The number of aryl methyl sites for hydroxylation is 1. The van der Waals surface area contributed by atoms with Crippen LogP contribution in [0.5, 0.6) is 0 Å². The first-order valence-electron chi connectivity index (χ1n) is 8.35. The molecule has 3 rings (SSSR count). The number of anilines is 1. The summed E-state index contributed by atoms with van der Waals surface area (Å²) in [5.74, 6) is 0.120. The molecule has 25 heavy (non-hydrogen) atoms. The maximum Gasteiger partial charge on any atom is 0.240 e. The van der Waals surface area contributed by atoms with E-state index >= 15 is 0 Å². The number of hydrogen-bond donors (Lipinski definition) is 1. The van der Waals surface area contributed by atoms with E-state index in [1.165, 1.54) is 22.2 Å². The molecule has 5 nitrogen and oxygen atoms in total. The monoisotopic (exact) mass is 355 g/mol. The first-order valence-corrected chi connectivity index (χ1v) is 9.33. The first-order chi connectivity index (χ1) is 12.1. The van der Waals surface area contributed by atoms with Crippen molar-refractivity contribution in [2.75, 3.05) is 17.2 Å². The van der Waals surface area contributed by atoms with Crippen LogP contribution in [0.2, 0.25) is 0 Å². The summed E-state index contributed by atoms with van der Waals surface area (Å²) >= 11 is 1.41. The van der Waals surface area contributed by atoms with Gasteiger partial charge in [0.15, 0.2) is 0 Å². The molecule has 2 amide bonds. The molecule has 2 heterocycles. The van der Waals surface area contributed by atoms with Crippen LogP contribution in [0.25, 0.3) is 0 Å². The summed E-state index contributed by atoms with van der Waals surface area (Å²) < 4.78 is 0. The maximum atomic E-state index is 12.4. The van der Waals surface area contributed by atoms with Crippen LogP contribution < -0.4 is 10.2 Å². The highest BCUT2D eigenvalue weighted by molar-refractivity contribution is 8.00. The Balaban J connectivity index is 1.54. The van der Waals surface area contributed by atoms with E-state index < -0.39 is 0 Å². The lowest BCUT2D eigenvalue weighted by atomic mass is 10.1. The van der Waals surface area contributed by atoms with Crippen LogP contribution in [0.1, 0.15) is 18.9 Å². The number of pyridine rings is 1. The van der Waals surface area contributed by atoms with E-state index in [0.717, 1.165) is 23.6 Å². The predicted molar refractivity (Wildman–Crippen MR) is 99.7 cm³/mol. The number of aromatic nitrogens is 1. The van der Waals surface area contributed by atoms with E-state index in [1.54, 1.807) is 12.3 Å². The van der Waals surface area contributed by atoms with Gasteiger partial charge in [-0.05, 0) is 37.5 Å². The fraction of sp³-hybridized carbons (Fsp3) is 0.316. The van der Waals surface area contributed by atoms with Crippen LogP contribution in [-0.2, 0) is 16.0 Å². The average Bonchev–Trinajstić information content (AvgIpc) is 2.63. The Morgan fingerprint density at radius 1 is 1.28 bits per heavy atom. The summed E-state index contributed by atoms with van der Waals surface area (Å²) in [7, 11) is 0. The number of benzene rings is 1. The third-order valence-electron chi connectivity index (χ3n) is 4.09. The highest BCUT2D eigenvalue weighted by Crippen LogP contribution is 2.32. The molecule has 0 saturated heterocycles. The summed E-state index contributed by atoms with van der Waals surface area (Å²) in [5, 5.41) is 3.79.